The molecule has 0 bridgehead atoms. The Labute approximate surface area is 239 Å². The molecule has 0 unspecified atom stereocenters. The first-order valence-electron chi connectivity index (χ1n) is 10.7. The predicted octanol–water partition coefficient (Wildman–Crippen LogP) is 4.19. The fraction of sp³-hybridized carbons (Fsp3) is 0. The van der Waals surface area contributed by atoms with Crippen LogP contribution in [0.15, 0.2) is 30.3 Å². The minimum atomic E-state index is -2.15. The molecule has 0 radical (unpaired) electrons. The third-order valence-corrected chi connectivity index (χ3v) is 5.76. The van der Waals surface area contributed by atoms with E-state index in [1.54, 1.807) is 0 Å². The number of hydrogen-bond acceptors (Lipinski definition) is 18. The van der Waals surface area contributed by atoms with Crippen LogP contribution in [-0.4, -0.2) is 44.3 Å². The Bertz CT molecular complexity index is 1970. The molecule has 0 aliphatic heterocycles. The van der Waals surface area contributed by atoms with Crippen molar-refractivity contribution in [3.8, 4) is 22.3 Å². The Hall–Kier alpha value is -7.74. The maximum absolute atomic E-state index is 12.4. The lowest BCUT2D eigenvalue weighted by molar-refractivity contribution is -0.451. The molecule has 45 heavy (non-hydrogen) atoms. The minimum Gasteiger partial charge on any atom is -0.258 e. The topological polar surface area (TPSA) is 388 Å². The van der Waals surface area contributed by atoms with Gasteiger partial charge in [-0.3, -0.25) is 91.0 Å². The SMILES string of the molecule is O=[N+]([O-])c1ccc(-c2cc([N+](=O)[O-])c([N+](=O)[O-])c([N+](=O)[O-])c2[N+](=O)[O-])c([N+](=O)[O-])c1-c1ccc([N+](=O)[O-])c([N+](=O)[O-])c1[N+](=O)[O-]. The molecule has 0 aliphatic carbocycles. The van der Waals surface area contributed by atoms with Gasteiger partial charge in [0.1, 0.15) is 5.56 Å². The van der Waals surface area contributed by atoms with Crippen molar-refractivity contribution in [2.24, 2.45) is 0 Å². The molecule has 0 N–H and O–H groups in total. The largest absolute Gasteiger partial charge is 0.430 e. The van der Waals surface area contributed by atoms with Crippen molar-refractivity contribution in [2.45, 2.75) is 0 Å². The average Bonchev–Trinajstić information content (AvgIpc) is 2.93. The van der Waals surface area contributed by atoms with Crippen molar-refractivity contribution in [2.75, 3.05) is 0 Å². The van der Waals surface area contributed by atoms with Crippen molar-refractivity contribution >= 4 is 51.2 Å². The van der Waals surface area contributed by atoms with E-state index in [0.717, 1.165) is 0 Å². The van der Waals surface area contributed by atoms with Gasteiger partial charge in [0.25, 0.3) is 11.4 Å². The fourth-order valence-electron chi connectivity index (χ4n) is 4.20. The lowest BCUT2D eigenvalue weighted by Gasteiger charge is -2.11. The van der Waals surface area contributed by atoms with E-state index in [-0.39, 0.29) is 30.3 Å². The van der Waals surface area contributed by atoms with Crippen molar-refractivity contribution in [1.29, 1.82) is 0 Å². The first kappa shape index (κ1) is 31.8. The second-order valence-corrected chi connectivity index (χ2v) is 7.99. The van der Waals surface area contributed by atoms with Crippen LogP contribution < -0.4 is 0 Å². The highest BCUT2D eigenvalue weighted by Crippen LogP contribution is 2.55. The first-order valence-corrected chi connectivity index (χ1v) is 10.7. The highest BCUT2D eigenvalue weighted by Gasteiger charge is 2.49. The third-order valence-electron chi connectivity index (χ3n) is 5.76. The Morgan fingerprint density at radius 2 is 0.667 bits per heavy atom. The molecule has 3 aromatic rings. The smallest absolute Gasteiger partial charge is 0.258 e. The summed E-state index contributed by atoms with van der Waals surface area (Å²) in [7, 11) is 0. The zero-order chi connectivity index (χ0) is 34.2. The van der Waals surface area contributed by atoms with E-state index in [1.165, 1.54) is 0 Å². The zero-order valence-electron chi connectivity index (χ0n) is 20.8. The molecular formula is C18H5N9O18. The molecule has 0 aliphatic rings. The summed E-state index contributed by atoms with van der Waals surface area (Å²) in [5.74, 6) is 0. The van der Waals surface area contributed by atoms with E-state index in [4.69, 9.17) is 0 Å². The Morgan fingerprint density at radius 1 is 0.311 bits per heavy atom. The normalized spacial score (nSPS) is 10.5. The summed E-state index contributed by atoms with van der Waals surface area (Å²) >= 11 is 0. The van der Waals surface area contributed by atoms with Gasteiger partial charge < -0.3 is 0 Å². The van der Waals surface area contributed by atoms with Crippen LogP contribution in [0.4, 0.5) is 51.2 Å². The average molecular weight is 635 g/mol. The molecule has 0 saturated carbocycles. The van der Waals surface area contributed by atoms with Gasteiger partial charge in [0, 0.05) is 18.2 Å². The van der Waals surface area contributed by atoms with Crippen LogP contribution in [0, 0.1) is 91.0 Å². The highest BCUT2D eigenvalue weighted by atomic mass is 16.7. The zero-order valence-corrected chi connectivity index (χ0v) is 20.8. The summed E-state index contributed by atoms with van der Waals surface area (Å²) in [5.41, 5.74) is -22.5. The monoisotopic (exact) mass is 635 g/mol. The molecule has 3 rings (SSSR count). The number of nitro groups is 9. The summed E-state index contributed by atoms with van der Waals surface area (Å²) in [4.78, 5) is 91.3. The maximum atomic E-state index is 12.4. The molecule has 0 amide bonds. The van der Waals surface area contributed by atoms with Gasteiger partial charge in [-0.2, -0.15) is 0 Å². The number of rotatable bonds is 11. The highest BCUT2D eigenvalue weighted by molar-refractivity contribution is 6.00. The van der Waals surface area contributed by atoms with Crippen LogP contribution in [0.5, 0.6) is 0 Å². The van der Waals surface area contributed by atoms with Gasteiger partial charge >= 0.3 is 39.8 Å². The summed E-state index contributed by atoms with van der Waals surface area (Å²) in [6, 6.07) is 0.945. The number of benzene rings is 3. The van der Waals surface area contributed by atoms with Gasteiger partial charge in [-0.1, -0.05) is 0 Å². The van der Waals surface area contributed by atoms with Crippen LogP contribution >= 0.6 is 0 Å². The second kappa shape index (κ2) is 11.3. The summed E-state index contributed by atoms with van der Waals surface area (Å²) < 4.78 is 0. The van der Waals surface area contributed by atoms with Crippen LogP contribution in [-0.2, 0) is 0 Å². The summed E-state index contributed by atoms with van der Waals surface area (Å²) in [6.45, 7) is 0. The quantitative estimate of drug-likeness (QED) is 0.210. The predicted molar refractivity (Wildman–Crippen MR) is 137 cm³/mol. The number of nitro benzene ring substituents is 9. The van der Waals surface area contributed by atoms with Gasteiger partial charge in [0.2, 0.25) is 0 Å². The van der Waals surface area contributed by atoms with Crippen molar-refractivity contribution in [1.82, 2.24) is 0 Å². The second-order valence-electron chi connectivity index (χ2n) is 7.99. The van der Waals surface area contributed by atoms with Gasteiger partial charge in [-0.25, -0.2) is 0 Å². The molecule has 230 valence electrons. The van der Waals surface area contributed by atoms with Crippen LogP contribution in [0.25, 0.3) is 22.3 Å². The number of nitrogens with zero attached hydrogens (tertiary/aromatic N) is 9. The maximum Gasteiger partial charge on any atom is 0.430 e. The molecule has 27 nitrogen and oxygen atoms in total. The lowest BCUT2D eigenvalue weighted by Crippen LogP contribution is -2.08. The Kier molecular flexibility index (Phi) is 7.96. The van der Waals surface area contributed by atoms with Crippen LogP contribution in [0.3, 0.4) is 0 Å². The van der Waals surface area contributed by atoms with Crippen LogP contribution in [0.2, 0.25) is 0 Å². The van der Waals surface area contributed by atoms with Gasteiger partial charge in [0.05, 0.1) is 61.0 Å². The Morgan fingerprint density at radius 3 is 1.07 bits per heavy atom. The standard InChI is InChI=1S/C18H5N9O18/c28-19(29)9-3-1-6(8-5-11(21(32)33)17(26(42)43)18(27(44)45)15(8)24(38)39)13(22(34)35)12(9)7-2-4-10(20(30)31)16(25(40)41)14(7)23(36)37/h1-5H. The van der Waals surface area contributed by atoms with E-state index in [1.807, 2.05) is 0 Å². The molecule has 0 fully saturated rings. The van der Waals surface area contributed by atoms with Crippen molar-refractivity contribution in [3.63, 3.8) is 0 Å². The molecule has 0 aromatic heterocycles. The first-order chi connectivity index (χ1) is 20.8. The van der Waals surface area contributed by atoms with E-state index >= 15 is 0 Å². The molecule has 0 heterocycles. The van der Waals surface area contributed by atoms with E-state index in [9.17, 15) is 91.0 Å². The third kappa shape index (κ3) is 5.22. The van der Waals surface area contributed by atoms with Gasteiger partial charge in [-0.05, 0) is 12.1 Å². The van der Waals surface area contributed by atoms with E-state index in [0.29, 0.717) is 0 Å². The fourth-order valence-corrected chi connectivity index (χ4v) is 4.20. The lowest BCUT2D eigenvalue weighted by atomic mass is 9.91. The summed E-state index contributed by atoms with van der Waals surface area (Å²) in [6.07, 6.45) is 0. The van der Waals surface area contributed by atoms with Gasteiger partial charge in [-0.15, -0.1) is 0 Å². The van der Waals surface area contributed by atoms with Gasteiger partial charge in [0.15, 0.2) is 0 Å². The van der Waals surface area contributed by atoms with E-state index < -0.39 is 118 Å². The molecule has 27 heteroatoms. The molecule has 3 aromatic carbocycles. The van der Waals surface area contributed by atoms with Crippen molar-refractivity contribution in [3.05, 3.63) is 121 Å². The Balaban J connectivity index is 2.80. The molecule has 0 spiro atoms. The summed E-state index contributed by atoms with van der Waals surface area (Å²) in [5, 5.41) is 106. The van der Waals surface area contributed by atoms with Crippen molar-refractivity contribution < 1.29 is 44.3 Å². The minimum absolute atomic E-state index is 0.0755. The molecular weight excluding hydrogens is 630 g/mol. The van der Waals surface area contributed by atoms with Crippen LogP contribution in [0.1, 0.15) is 0 Å². The molecule has 0 saturated heterocycles. The van der Waals surface area contributed by atoms with E-state index in [2.05, 4.69) is 0 Å². The molecule has 0 atom stereocenters. The number of hydrogen-bond donors (Lipinski definition) is 0.